The van der Waals surface area contributed by atoms with Crippen LogP contribution in [0.15, 0.2) is 24.3 Å². The fourth-order valence-electron chi connectivity index (χ4n) is 1.48. The van der Waals surface area contributed by atoms with Crippen molar-refractivity contribution < 1.29 is 9.90 Å². The van der Waals surface area contributed by atoms with Gasteiger partial charge in [0.05, 0.1) is 0 Å². The van der Waals surface area contributed by atoms with Gasteiger partial charge in [0, 0.05) is 5.69 Å². The molecule has 0 amide bonds. The lowest BCUT2D eigenvalue weighted by Gasteiger charge is -2.15. The summed E-state index contributed by atoms with van der Waals surface area (Å²) in [6, 6.07) is 7.25. The van der Waals surface area contributed by atoms with Crippen molar-refractivity contribution in [3.63, 3.8) is 0 Å². The number of anilines is 1. The number of aryl methyl sites for hydroxylation is 1. The molecule has 1 aromatic carbocycles. The fourth-order valence-corrected chi connectivity index (χ4v) is 1.48. The molecule has 2 N–H and O–H groups in total. The lowest BCUT2D eigenvalue weighted by Crippen LogP contribution is -2.28. The van der Waals surface area contributed by atoms with Gasteiger partial charge in [-0.25, -0.2) is 4.79 Å². The molecule has 0 saturated carbocycles. The molecule has 3 heteroatoms. The van der Waals surface area contributed by atoms with Crippen LogP contribution < -0.4 is 5.32 Å². The average Bonchev–Trinajstić information content (AvgIpc) is 2.17. The van der Waals surface area contributed by atoms with E-state index in [0.29, 0.717) is 6.42 Å². The summed E-state index contributed by atoms with van der Waals surface area (Å²) in [4.78, 5) is 10.9. The minimum absolute atomic E-state index is 0.489. The maximum atomic E-state index is 10.9. The Balaban J connectivity index is 2.69. The van der Waals surface area contributed by atoms with E-state index in [4.69, 9.17) is 5.11 Å². The van der Waals surface area contributed by atoms with Crippen LogP contribution >= 0.6 is 0 Å². The Morgan fingerprint density at radius 1 is 1.53 bits per heavy atom. The maximum Gasteiger partial charge on any atom is 0.326 e. The summed E-state index contributed by atoms with van der Waals surface area (Å²) in [6.07, 6.45) is 1.50. The minimum atomic E-state index is -0.793. The van der Waals surface area contributed by atoms with Crippen LogP contribution in [0.4, 0.5) is 5.69 Å². The van der Waals surface area contributed by atoms with Crippen molar-refractivity contribution in [1.29, 1.82) is 0 Å². The zero-order valence-corrected chi connectivity index (χ0v) is 9.16. The molecule has 0 aromatic heterocycles. The van der Waals surface area contributed by atoms with Crippen molar-refractivity contribution in [1.82, 2.24) is 0 Å². The molecular weight excluding hydrogens is 190 g/mol. The maximum absolute atomic E-state index is 10.9. The van der Waals surface area contributed by atoms with E-state index in [-0.39, 0.29) is 0 Å². The first kappa shape index (κ1) is 11.6. The molecule has 0 bridgehead atoms. The first-order valence-corrected chi connectivity index (χ1v) is 5.19. The molecule has 1 aromatic rings. The molecule has 0 aliphatic heterocycles. The van der Waals surface area contributed by atoms with Crippen LogP contribution in [0.5, 0.6) is 0 Å². The Morgan fingerprint density at radius 3 is 2.80 bits per heavy atom. The van der Waals surface area contributed by atoms with Gasteiger partial charge in [-0.15, -0.1) is 0 Å². The lowest BCUT2D eigenvalue weighted by atomic mass is 10.1. The van der Waals surface area contributed by atoms with Crippen molar-refractivity contribution in [2.45, 2.75) is 32.7 Å². The third-order valence-electron chi connectivity index (χ3n) is 2.23. The highest BCUT2D eigenvalue weighted by Gasteiger charge is 2.15. The van der Waals surface area contributed by atoms with Gasteiger partial charge in [0.2, 0.25) is 0 Å². The SMILES string of the molecule is CCC[C@H](Nc1cccc(C)c1)C(=O)O. The predicted octanol–water partition coefficient (Wildman–Crippen LogP) is 2.66. The number of carboxylic acids is 1. The second-order valence-corrected chi connectivity index (χ2v) is 3.69. The summed E-state index contributed by atoms with van der Waals surface area (Å²) < 4.78 is 0. The van der Waals surface area contributed by atoms with Crippen molar-refractivity contribution in [2.75, 3.05) is 5.32 Å². The van der Waals surface area contributed by atoms with Crippen LogP contribution in [0, 0.1) is 6.92 Å². The normalized spacial score (nSPS) is 12.1. The molecule has 0 saturated heterocycles. The number of carbonyl (C=O) groups is 1. The van der Waals surface area contributed by atoms with Crippen LogP contribution in [0.3, 0.4) is 0 Å². The van der Waals surface area contributed by atoms with E-state index in [1.807, 2.05) is 38.1 Å². The molecule has 0 heterocycles. The van der Waals surface area contributed by atoms with Crippen molar-refractivity contribution in [3.8, 4) is 0 Å². The summed E-state index contributed by atoms with van der Waals surface area (Å²) in [5, 5.41) is 12.0. The average molecular weight is 207 g/mol. The number of nitrogens with one attached hydrogen (secondary N) is 1. The van der Waals surface area contributed by atoms with Gasteiger partial charge in [-0.05, 0) is 31.0 Å². The molecule has 15 heavy (non-hydrogen) atoms. The molecule has 0 aliphatic carbocycles. The third-order valence-corrected chi connectivity index (χ3v) is 2.23. The predicted molar refractivity (Wildman–Crippen MR) is 61.1 cm³/mol. The zero-order valence-electron chi connectivity index (χ0n) is 9.16. The largest absolute Gasteiger partial charge is 0.480 e. The van der Waals surface area contributed by atoms with Crippen LogP contribution in [0.1, 0.15) is 25.3 Å². The Kier molecular flexibility index (Phi) is 4.16. The van der Waals surface area contributed by atoms with Gasteiger partial charge in [-0.1, -0.05) is 25.5 Å². The number of rotatable bonds is 5. The smallest absolute Gasteiger partial charge is 0.326 e. The van der Waals surface area contributed by atoms with E-state index in [1.165, 1.54) is 0 Å². The van der Waals surface area contributed by atoms with E-state index in [9.17, 15) is 4.79 Å². The Morgan fingerprint density at radius 2 is 2.27 bits per heavy atom. The highest BCUT2D eigenvalue weighted by molar-refractivity contribution is 5.77. The molecule has 0 fully saturated rings. The minimum Gasteiger partial charge on any atom is -0.480 e. The van der Waals surface area contributed by atoms with Gasteiger partial charge in [-0.2, -0.15) is 0 Å². The molecular formula is C12H17NO2. The van der Waals surface area contributed by atoms with Crippen LogP contribution in [-0.4, -0.2) is 17.1 Å². The van der Waals surface area contributed by atoms with Gasteiger partial charge in [-0.3, -0.25) is 0 Å². The number of hydrogen-bond donors (Lipinski definition) is 2. The quantitative estimate of drug-likeness (QED) is 0.780. The summed E-state index contributed by atoms with van der Waals surface area (Å²) in [6.45, 7) is 3.97. The van der Waals surface area contributed by atoms with Crippen LogP contribution in [0.2, 0.25) is 0 Å². The third kappa shape index (κ3) is 3.62. The van der Waals surface area contributed by atoms with Gasteiger partial charge in [0.15, 0.2) is 0 Å². The van der Waals surface area contributed by atoms with Crippen LogP contribution in [0.25, 0.3) is 0 Å². The van der Waals surface area contributed by atoms with E-state index in [0.717, 1.165) is 17.7 Å². The summed E-state index contributed by atoms with van der Waals surface area (Å²) in [5.41, 5.74) is 2.00. The first-order chi connectivity index (χ1) is 7.13. The van der Waals surface area contributed by atoms with Gasteiger partial charge in [0.1, 0.15) is 6.04 Å². The van der Waals surface area contributed by atoms with Gasteiger partial charge >= 0.3 is 5.97 Å². The molecule has 0 aliphatic rings. The summed E-state index contributed by atoms with van der Waals surface area (Å²) >= 11 is 0. The topological polar surface area (TPSA) is 49.3 Å². The lowest BCUT2D eigenvalue weighted by molar-refractivity contribution is -0.138. The monoisotopic (exact) mass is 207 g/mol. The van der Waals surface area contributed by atoms with E-state index >= 15 is 0 Å². The van der Waals surface area contributed by atoms with E-state index < -0.39 is 12.0 Å². The molecule has 1 atom stereocenters. The molecule has 0 radical (unpaired) electrons. The fraction of sp³-hybridized carbons (Fsp3) is 0.417. The number of benzene rings is 1. The Labute approximate surface area is 90.1 Å². The van der Waals surface area contributed by atoms with Crippen LogP contribution in [-0.2, 0) is 4.79 Å². The highest BCUT2D eigenvalue weighted by atomic mass is 16.4. The standard InChI is InChI=1S/C12H17NO2/c1-3-5-11(12(14)15)13-10-7-4-6-9(2)8-10/h4,6-8,11,13H,3,5H2,1-2H3,(H,14,15)/t11-/m0/s1. The number of carboxylic acid groups (broad SMARTS) is 1. The molecule has 0 spiro atoms. The second kappa shape index (κ2) is 5.39. The molecule has 0 unspecified atom stereocenters. The number of hydrogen-bond acceptors (Lipinski definition) is 2. The van der Waals surface area contributed by atoms with Crippen molar-refractivity contribution in [2.24, 2.45) is 0 Å². The van der Waals surface area contributed by atoms with Gasteiger partial charge < -0.3 is 10.4 Å². The molecule has 3 nitrogen and oxygen atoms in total. The second-order valence-electron chi connectivity index (χ2n) is 3.69. The molecule has 1 rings (SSSR count). The summed E-state index contributed by atoms with van der Waals surface area (Å²) in [5.74, 6) is -0.793. The van der Waals surface area contributed by atoms with E-state index in [1.54, 1.807) is 0 Å². The van der Waals surface area contributed by atoms with E-state index in [2.05, 4.69) is 5.32 Å². The molecule has 82 valence electrons. The van der Waals surface area contributed by atoms with Crippen molar-refractivity contribution in [3.05, 3.63) is 29.8 Å². The summed E-state index contributed by atoms with van der Waals surface area (Å²) in [7, 11) is 0. The Hall–Kier alpha value is -1.51. The van der Waals surface area contributed by atoms with Gasteiger partial charge in [0.25, 0.3) is 0 Å². The van der Waals surface area contributed by atoms with Crippen molar-refractivity contribution >= 4 is 11.7 Å². The number of aliphatic carboxylic acids is 1. The highest BCUT2D eigenvalue weighted by Crippen LogP contribution is 2.12. The first-order valence-electron chi connectivity index (χ1n) is 5.19. The Bertz CT molecular complexity index is 336. The zero-order chi connectivity index (χ0) is 11.3.